The third kappa shape index (κ3) is 1.86. The van der Waals surface area contributed by atoms with Crippen LogP contribution in [0.4, 0.5) is 5.69 Å². The quantitative estimate of drug-likeness (QED) is 0.673. The van der Waals surface area contributed by atoms with Crippen molar-refractivity contribution >= 4 is 34.4 Å². The van der Waals surface area contributed by atoms with E-state index in [1.54, 1.807) is 31.3 Å². The van der Waals surface area contributed by atoms with Crippen LogP contribution in [0.1, 0.15) is 10.4 Å². The van der Waals surface area contributed by atoms with Crippen LogP contribution in [0.5, 0.6) is 0 Å². The van der Waals surface area contributed by atoms with E-state index in [-0.39, 0.29) is 5.91 Å². The van der Waals surface area contributed by atoms with Crippen LogP contribution >= 0.6 is 11.9 Å². The molecule has 1 aliphatic heterocycles. The zero-order chi connectivity index (χ0) is 15.1. The Hall–Kier alpha value is -2.53. The molecule has 4 nitrogen and oxygen atoms in total. The predicted octanol–water partition coefficient (Wildman–Crippen LogP) is 3.69. The number of benzene rings is 2. The summed E-state index contributed by atoms with van der Waals surface area (Å²) in [5, 5.41) is 3.53. The van der Waals surface area contributed by atoms with Crippen LogP contribution in [0.2, 0.25) is 0 Å². The number of aromatic nitrogens is 1. The molecule has 4 rings (SSSR count). The van der Waals surface area contributed by atoms with Crippen molar-refractivity contribution in [3.63, 3.8) is 0 Å². The zero-order valence-electron chi connectivity index (χ0n) is 11.9. The number of hydrogen-bond acceptors (Lipinski definition) is 4. The van der Waals surface area contributed by atoms with Gasteiger partial charge in [0.1, 0.15) is 0 Å². The molecule has 1 amide bonds. The fourth-order valence-electron chi connectivity index (χ4n) is 2.76. The standard InChI is InChI=1S/C17H13N3OS/c1-18-17(21)13-8-9-19-15-12(13)7-6-11-10-4-2-3-5-14(10)22-20-16(11)15/h2-9,20H,1H3,(H,18,21). The first-order chi connectivity index (χ1) is 10.8. The summed E-state index contributed by atoms with van der Waals surface area (Å²) in [6, 6.07) is 14.0. The number of rotatable bonds is 1. The normalized spacial score (nSPS) is 12.2. The number of amides is 1. The molecule has 0 fully saturated rings. The van der Waals surface area contributed by atoms with Crippen molar-refractivity contribution in [2.24, 2.45) is 0 Å². The van der Waals surface area contributed by atoms with Crippen molar-refractivity contribution in [1.29, 1.82) is 0 Å². The number of carbonyl (C=O) groups excluding carboxylic acids is 1. The van der Waals surface area contributed by atoms with Crippen molar-refractivity contribution in [2.75, 3.05) is 11.8 Å². The van der Waals surface area contributed by atoms with E-state index < -0.39 is 0 Å². The molecule has 0 bridgehead atoms. The lowest BCUT2D eigenvalue weighted by Crippen LogP contribution is -2.18. The Bertz CT molecular complexity index is 908. The van der Waals surface area contributed by atoms with Gasteiger partial charge in [-0.3, -0.25) is 9.78 Å². The summed E-state index contributed by atoms with van der Waals surface area (Å²) in [7, 11) is 1.64. The van der Waals surface area contributed by atoms with Crippen LogP contribution in [0.15, 0.2) is 53.6 Å². The van der Waals surface area contributed by atoms with Crippen LogP contribution in [0.3, 0.4) is 0 Å². The highest BCUT2D eigenvalue weighted by molar-refractivity contribution is 8.00. The Morgan fingerprint density at radius 3 is 2.86 bits per heavy atom. The van der Waals surface area contributed by atoms with Gasteiger partial charge in [0.05, 0.1) is 16.8 Å². The van der Waals surface area contributed by atoms with Crippen molar-refractivity contribution < 1.29 is 4.79 Å². The second-order valence-electron chi connectivity index (χ2n) is 5.02. The first kappa shape index (κ1) is 13.2. The largest absolute Gasteiger partial charge is 0.355 e. The van der Waals surface area contributed by atoms with Gasteiger partial charge in [-0.05, 0) is 29.6 Å². The van der Waals surface area contributed by atoms with Gasteiger partial charge in [-0.2, -0.15) is 0 Å². The molecule has 22 heavy (non-hydrogen) atoms. The molecule has 1 aliphatic rings. The number of fused-ring (bicyclic) bond motifs is 5. The molecule has 0 saturated heterocycles. The zero-order valence-corrected chi connectivity index (χ0v) is 12.7. The highest BCUT2D eigenvalue weighted by Crippen LogP contribution is 2.44. The summed E-state index contributed by atoms with van der Waals surface area (Å²) in [4.78, 5) is 17.7. The molecular formula is C17H13N3OS. The fraction of sp³-hybridized carbons (Fsp3) is 0.0588. The molecule has 3 aromatic rings. The Morgan fingerprint density at radius 2 is 2.00 bits per heavy atom. The third-order valence-corrected chi connectivity index (χ3v) is 4.71. The van der Waals surface area contributed by atoms with E-state index in [0.717, 1.165) is 22.2 Å². The maximum Gasteiger partial charge on any atom is 0.251 e. The fourth-order valence-corrected chi connectivity index (χ4v) is 3.62. The van der Waals surface area contributed by atoms with Crippen molar-refractivity contribution in [3.8, 4) is 11.1 Å². The molecule has 2 heterocycles. The molecule has 0 unspecified atom stereocenters. The molecule has 0 saturated carbocycles. The summed E-state index contributed by atoms with van der Waals surface area (Å²) in [5.41, 5.74) is 4.73. The van der Waals surface area contributed by atoms with E-state index in [0.29, 0.717) is 5.56 Å². The predicted molar refractivity (Wildman–Crippen MR) is 90.0 cm³/mol. The maximum atomic E-state index is 12.0. The lowest BCUT2D eigenvalue weighted by atomic mass is 9.99. The van der Waals surface area contributed by atoms with Gasteiger partial charge in [0.25, 0.3) is 5.91 Å². The molecule has 2 N–H and O–H groups in total. The monoisotopic (exact) mass is 307 g/mol. The van der Waals surface area contributed by atoms with Crippen molar-refractivity contribution in [1.82, 2.24) is 10.3 Å². The topological polar surface area (TPSA) is 54.0 Å². The van der Waals surface area contributed by atoms with Gasteiger partial charge in [-0.1, -0.05) is 30.3 Å². The Morgan fingerprint density at radius 1 is 1.14 bits per heavy atom. The van der Waals surface area contributed by atoms with Crippen LogP contribution < -0.4 is 10.0 Å². The second kappa shape index (κ2) is 5.03. The third-order valence-electron chi connectivity index (χ3n) is 3.82. The molecule has 5 heteroatoms. The molecule has 0 spiro atoms. The molecule has 1 aromatic heterocycles. The minimum atomic E-state index is -0.101. The highest BCUT2D eigenvalue weighted by atomic mass is 32.2. The Labute approximate surface area is 132 Å². The van der Waals surface area contributed by atoms with E-state index in [1.807, 2.05) is 18.2 Å². The first-order valence-corrected chi connectivity index (χ1v) is 7.77. The SMILES string of the molecule is CNC(=O)c1ccnc2c3c(ccc12)-c1ccccc1SN3. The summed E-state index contributed by atoms with van der Waals surface area (Å²) in [5.74, 6) is -0.101. The van der Waals surface area contributed by atoms with Gasteiger partial charge < -0.3 is 10.0 Å². The second-order valence-corrected chi connectivity index (χ2v) is 5.87. The van der Waals surface area contributed by atoms with E-state index in [9.17, 15) is 4.79 Å². The maximum absolute atomic E-state index is 12.0. The number of nitrogens with one attached hydrogen (secondary N) is 2. The van der Waals surface area contributed by atoms with Gasteiger partial charge in [-0.25, -0.2) is 0 Å². The lowest BCUT2D eigenvalue weighted by Gasteiger charge is -2.21. The van der Waals surface area contributed by atoms with E-state index in [2.05, 4.69) is 33.2 Å². The summed E-state index contributed by atoms with van der Waals surface area (Å²) >= 11 is 1.58. The van der Waals surface area contributed by atoms with Gasteiger partial charge in [-0.15, -0.1) is 0 Å². The minimum Gasteiger partial charge on any atom is -0.355 e. The molecular weight excluding hydrogens is 294 g/mol. The highest BCUT2D eigenvalue weighted by Gasteiger charge is 2.20. The van der Waals surface area contributed by atoms with Crippen LogP contribution in [0.25, 0.3) is 22.0 Å². The van der Waals surface area contributed by atoms with Gasteiger partial charge in [0.15, 0.2) is 0 Å². The van der Waals surface area contributed by atoms with Gasteiger partial charge >= 0.3 is 0 Å². The van der Waals surface area contributed by atoms with E-state index >= 15 is 0 Å². The number of carbonyl (C=O) groups is 1. The molecule has 2 aromatic carbocycles. The summed E-state index contributed by atoms with van der Waals surface area (Å²) in [6.45, 7) is 0. The van der Waals surface area contributed by atoms with Gasteiger partial charge in [0, 0.05) is 29.1 Å². The van der Waals surface area contributed by atoms with Crippen LogP contribution in [0, 0.1) is 0 Å². The van der Waals surface area contributed by atoms with Crippen molar-refractivity contribution in [2.45, 2.75) is 4.90 Å². The van der Waals surface area contributed by atoms with E-state index in [4.69, 9.17) is 0 Å². The molecule has 0 aliphatic carbocycles. The molecule has 108 valence electrons. The summed E-state index contributed by atoms with van der Waals surface area (Å²) < 4.78 is 3.37. The van der Waals surface area contributed by atoms with Gasteiger partial charge in [0.2, 0.25) is 0 Å². The van der Waals surface area contributed by atoms with E-state index in [1.165, 1.54) is 10.5 Å². The van der Waals surface area contributed by atoms with Crippen LogP contribution in [-0.2, 0) is 0 Å². The molecule has 0 atom stereocenters. The molecule has 0 radical (unpaired) electrons. The number of pyridine rings is 1. The number of anilines is 1. The van der Waals surface area contributed by atoms with Crippen molar-refractivity contribution in [3.05, 3.63) is 54.2 Å². The van der Waals surface area contributed by atoms with Crippen LogP contribution in [-0.4, -0.2) is 17.9 Å². The first-order valence-electron chi connectivity index (χ1n) is 6.95. The lowest BCUT2D eigenvalue weighted by molar-refractivity contribution is 0.0964. The summed E-state index contributed by atoms with van der Waals surface area (Å²) in [6.07, 6.45) is 1.68. The number of nitrogens with zero attached hydrogens (tertiary/aromatic N) is 1. The number of hydrogen-bond donors (Lipinski definition) is 2. The minimum absolute atomic E-state index is 0.101. The average molecular weight is 307 g/mol. The average Bonchev–Trinajstić information content (AvgIpc) is 2.59. The Balaban J connectivity index is 2.01. The smallest absolute Gasteiger partial charge is 0.251 e. The Kier molecular flexibility index (Phi) is 3.01.